The molecule has 4 nitrogen and oxygen atoms in total. The summed E-state index contributed by atoms with van der Waals surface area (Å²) in [5.74, 6) is 0. The smallest absolute Gasteiger partial charge is 0.322 e. The van der Waals surface area contributed by atoms with E-state index in [2.05, 4.69) is 35.5 Å². The van der Waals surface area contributed by atoms with Crippen LogP contribution in [0.5, 0.6) is 0 Å². The molecule has 3 aromatic rings. The van der Waals surface area contributed by atoms with E-state index in [0.717, 1.165) is 12.2 Å². The Morgan fingerprint density at radius 1 is 1.14 bits per heavy atom. The maximum absolute atomic E-state index is 12.9. The van der Waals surface area contributed by atoms with Crippen molar-refractivity contribution in [3.63, 3.8) is 0 Å². The number of carbonyl (C=O) groups is 1. The van der Waals surface area contributed by atoms with Crippen molar-refractivity contribution in [3.05, 3.63) is 100 Å². The van der Waals surface area contributed by atoms with Gasteiger partial charge < -0.3 is 14.8 Å². The minimum atomic E-state index is -0.266. The summed E-state index contributed by atoms with van der Waals surface area (Å²) in [5.41, 5.74) is 4.00. The maximum Gasteiger partial charge on any atom is 0.322 e. The maximum atomic E-state index is 12.9. The Kier molecular flexibility index (Phi) is 7.02. The number of halogens is 2. The predicted molar refractivity (Wildman–Crippen MR) is 121 cm³/mol. The second-order valence-electron chi connectivity index (χ2n) is 6.75. The molecule has 0 saturated heterocycles. The molecule has 1 N–H and O–H groups in total. The van der Waals surface area contributed by atoms with Crippen LogP contribution in [0.1, 0.15) is 16.8 Å². The number of nitrogens with zero attached hydrogens (tertiary/aromatic N) is 2. The van der Waals surface area contributed by atoms with Crippen LogP contribution in [-0.2, 0) is 13.1 Å². The molecule has 150 valence electrons. The van der Waals surface area contributed by atoms with Crippen molar-refractivity contribution in [2.24, 2.45) is 0 Å². The molecule has 0 radical (unpaired) electrons. The van der Waals surface area contributed by atoms with Crippen molar-refractivity contribution in [3.8, 4) is 0 Å². The van der Waals surface area contributed by atoms with Crippen LogP contribution >= 0.6 is 23.2 Å². The van der Waals surface area contributed by atoms with Gasteiger partial charge in [-0.05, 0) is 42.3 Å². The van der Waals surface area contributed by atoms with Crippen molar-refractivity contribution in [2.45, 2.75) is 20.0 Å². The predicted octanol–water partition coefficient (Wildman–Crippen LogP) is 6.37. The average molecular weight is 428 g/mol. The zero-order chi connectivity index (χ0) is 20.8. The second-order valence-corrected chi connectivity index (χ2v) is 7.54. The monoisotopic (exact) mass is 427 g/mol. The van der Waals surface area contributed by atoms with Crippen LogP contribution in [0.15, 0.2) is 73.4 Å². The Balaban J connectivity index is 1.76. The Labute approximate surface area is 181 Å². The first-order valence-electron chi connectivity index (χ1n) is 9.29. The number of hydrogen-bond donors (Lipinski definition) is 1. The minimum absolute atomic E-state index is 0.266. The van der Waals surface area contributed by atoms with Crippen molar-refractivity contribution in [1.29, 1.82) is 0 Å². The summed E-state index contributed by atoms with van der Waals surface area (Å²) in [4.78, 5) is 14.5. The van der Waals surface area contributed by atoms with Gasteiger partial charge in [0.25, 0.3) is 0 Å². The van der Waals surface area contributed by atoms with Gasteiger partial charge in [0.05, 0.1) is 22.3 Å². The molecule has 0 aliphatic rings. The van der Waals surface area contributed by atoms with Gasteiger partial charge in [-0.1, -0.05) is 59.6 Å². The Morgan fingerprint density at radius 2 is 1.93 bits per heavy atom. The molecule has 2 amide bonds. The lowest BCUT2D eigenvalue weighted by molar-refractivity contribution is 0.214. The van der Waals surface area contributed by atoms with E-state index in [1.807, 2.05) is 30.5 Å². The molecular formula is C23H23Cl2N3O. The number of amides is 2. The molecule has 0 aliphatic carbocycles. The molecule has 0 atom stereocenters. The van der Waals surface area contributed by atoms with E-state index in [-0.39, 0.29) is 6.03 Å². The number of urea groups is 1. The molecule has 0 spiro atoms. The highest BCUT2D eigenvalue weighted by molar-refractivity contribution is 6.43. The van der Waals surface area contributed by atoms with Crippen LogP contribution in [0.25, 0.3) is 0 Å². The molecule has 3 rings (SSSR count). The van der Waals surface area contributed by atoms with Gasteiger partial charge in [0, 0.05) is 25.0 Å². The highest BCUT2D eigenvalue weighted by atomic mass is 35.5. The Bertz CT molecular complexity index is 1010. The van der Waals surface area contributed by atoms with Crippen LogP contribution in [0.3, 0.4) is 0 Å². The first-order valence-corrected chi connectivity index (χ1v) is 10.0. The van der Waals surface area contributed by atoms with Crippen molar-refractivity contribution in [1.82, 2.24) is 9.47 Å². The zero-order valence-electron chi connectivity index (χ0n) is 16.2. The average Bonchev–Trinajstić information content (AvgIpc) is 3.13. The van der Waals surface area contributed by atoms with Crippen LogP contribution < -0.4 is 5.32 Å². The van der Waals surface area contributed by atoms with Gasteiger partial charge in [-0.3, -0.25) is 0 Å². The molecule has 1 heterocycles. The number of anilines is 1. The summed E-state index contributed by atoms with van der Waals surface area (Å²) >= 11 is 12.2. The van der Waals surface area contributed by atoms with Crippen molar-refractivity contribution < 1.29 is 4.79 Å². The number of hydrogen-bond acceptors (Lipinski definition) is 1. The summed E-state index contributed by atoms with van der Waals surface area (Å²) in [6.07, 6.45) is 3.73. The van der Waals surface area contributed by atoms with Crippen LogP contribution in [-0.4, -0.2) is 22.0 Å². The molecule has 2 aromatic carbocycles. The fourth-order valence-electron chi connectivity index (χ4n) is 3.08. The van der Waals surface area contributed by atoms with Crippen LogP contribution in [0.4, 0.5) is 10.5 Å². The molecule has 6 heteroatoms. The quantitative estimate of drug-likeness (QED) is 0.436. The lowest BCUT2D eigenvalue weighted by Crippen LogP contribution is -2.35. The Morgan fingerprint density at radius 3 is 2.69 bits per heavy atom. The third-order valence-corrected chi connectivity index (χ3v) is 5.53. The molecule has 0 aliphatic heterocycles. The van der Waals surface area contributed by atoms with Gasteiger partial charge in [0.1, 0.15) is 0 Å². The summed E-state index contributed by atoms with van der Waals surface area (Å²) in [6, 6.07) is 17.2. The number of aromatic nitrogens is 1. The highest BCUT2D eigenvalue weighted by Gasteiger charge is 2.17. The van der Waals surface area contributed by atoms with Gasteiger partial charge in [-0.25, -0.2) is 4.79 Å². The minimum Gasteiger partial charge on any atom is -0.345 e. The fraction of sp³-hybridized carbons (Fsp3) is 0.174. The van der Waals surface area contributed by atoms with E-state index in [1.54, 1.807) is 29.2 Å². The fourth-order valence-corrected chi connectivity index (χ4v) is 3.43. The third kappa shape index (κ3) is 5.22. The molecule has 0 fully saturated rings. The molecule has 0 saturated carbocycles. The number of aryl methyl sites for hydroxylation is 1. The molecule has 1 aromatic heterocycles. The normalized spacial score (nSPS) is 10.6. The van der Waals surface area contributed by atoms with E-state index < -0.39 is 0 Å². The number of rotatable bonds is 7. The van der Waals surface area contributed by atoms with Crippen molar-refractivity contribution >= 4 is 34.9 Å². The summed E-state index contributed by atoms with van der Waals surface area (Å²) in [5, 5.41) is 3.56. The zero-order valence-corrected chi connectivity index (χ0v) is 17.7. The standard InChI is InChI=1S/C23H23Cl2N3O/c1-3-13-28(23(29)26-21-12-6-11-20(24)22(21)25)16-19-10-7-14-27(19)15-18-9-5-4-8-17(18)2/h3-12,14H,1,13,15-16H2,2H3,(H,26,29). The van der Waals surface area contributed by atoms with E-state index in [4.69, 9.17) is 23.2 Å². The summed E-state index contributed by atoms with van der Waals surface area (Å²) in [6.45, 7) is 7.47. The Hall–Kier alpha value is -2.69. The molecular weight excluding hydrogens is 405 g/mol. The lowest BCUT2D eigenvalue weighted by Gasteiger charge is -2.23. The molecule has 0 unspecified atom stereocenters. The number of benzene rings is 2. The number of nitrogens with one attached hydrogen (secondary N) is 1. The van der Waals surface area contributed by atoms with E-state index in [1.165, 1.54) is 11.1 Å². The SMILES string of the molecule is C=CCN(Cc1cccn1Cc1ccccc1C)C(=O)Nc1cccc(Cl)c1Cl. The molecule has 0 bridgehead atoms. The third-order valence-electron chi connectivity index (χ3n) is 4.71. The topological polar surface area (TPSA) is 37.3 Å². The van der Waals surface area contributed by atoms with Gasteiger partial charge in [-0.2, -0.15) is 0 Å². The van der Waals surface area contributed by atoms with E-state index >= 15 is 0 Å². The highest BCUT2D eigenvalue weighted by Crippen LogP contribution is 2.29. The van der Waals surface area contributed by atoms with E-state index in [0.29, 0.717) is 28.8 Å². The van der Waals surface area contributed by atoms with Gasteiger partial charge in [-0.15, -0.1) is 6.58 Å². The first-order chi connectivity index (χ1) is 14.0. The van der Waals surface area contributed by atoms with Crippen LogP contribution in [0.2, 0.25) is 10.0 Å². The second kappa shape index (κ2) is 9.68. The van der Waals surface area contributed by atoms with E-state index in [9.17, 15) is 4.79 Å². The largest absolute Gasteiger partial charge is 0.345 e. The first kappa shape index (κ1) is 21.0. The van der Waals surface area contributed by atoms with Gasteiger partial charge in [0.15, 0.2) is 0 Å². The van der Waals surface area contributed by atoms with Crippen LogP contribution in [0, 0.1) is 6.92 Å². The summed E-state index contributed by atoms with van der Waals surface area (Å²) < 4.78 is 2.15. The van der Waals surface area contributed by atoms with Gasteiger partial charge in [0.2, 0.25) is 0 Å². The van der Waals surface area contributed by atoms with Gasteiger partial charge >= 0.3 is 6.03 Å². The van der Waals surface area contributed by atoms with Crippen molar-refractivity contribution in [2.75, 3.05) is 11.9 Å². The lowest BCUT2D eigenvalue weighted by atomic mass is 10.1. The number of carbonyl (C=O) groups excluding carboxylic acids is 1. The summed E-state index contributed by atoms with van der Waals surface area (Å²) in [7, 11) is 0. The molecule has 29 heavy (non-hydrogen) atoms.